The average Bonchev–Trinajstić information content (AvgIpc) is 2.41. The number of halogens is 1. The Morgan fingerprint density at radius 1 is 1.15 bits per heavy atom. The fraction of sp³-hybridized carbons (Fsp3) is 0.133. The highest BCUT2D eigenvalue weighted by atomic mass is 79.9. The molecule has 20 heavy (non-hydrogen) atoms. The van der Waals surface area contributed by atoms with Gasteiger partial charge in [-0.25, -0.2) is 0 Å². The van der Waals surface area contributed by atoms with Crippen molar-refractivity contribution >= 4 is 50.2 Å². The summed E-state index contributed by atoms with van der Waals surface area (Å²) in [6.45, 7) is 0. The Morgan fingerprint density at radius 3 is 2.45 bits per heavy atom. The summed E-state index contributed by atoms with van der Waals surface area (Å²) in [5, 5.41) is 3.42. The number of hydrogen-bond donors (Lipinski definition) is 2. The van der Waals surface area contributed by atoms with Gasteiger partial charge in [-0.3, -0.25) is 0 Å². The smallest absolute Gasteiger partial charge is 0.104 e. The van der Waals surface area contributed by atoms with Crippen molar-refractivity contribution in [3.05, 3.63) is 52.5 Å². The van der Waals surface area contributed by atoms with E-state index in [0.29, 0.717) is 4.99 Å². The van der Waals surface area contributed by atoms with Gasteiger partial charge in [-0.1, -0.05) is 24.4 Å². The van der Waals surface area contributed by atoms with Crippen LogP contribution >= 0.6 is 28.1 Å². The maximum atomic E-state index is 5.63. The van der Waals surface area contributed by atoms with Crippen molar-refractivity contribution in [3.8, 4) is 0 Å². The zero-order valence-corrected chi connectivity index (χ0v) is 13.8. The van der Waals surface area contributed by atoms with Crippen LogP contribution < -0.4 is 16.0 Å². The summed E-state index contributed by atoms with van der Waals surface area (Å²) in [4.78, 5) is 2.46. The summed E-state index contributed by atoms with van der Waals surface area (Å²) in [6, 6.07) is 13.9. The molecule has 2 rings (SSSR count). The van der Waals surface area contributed by atoms with Crippen molar-refractivity contribution in [1.29, 1.82) is 0 Å². The minimum Gasteiger partial charge on any atom is -0.389 e. The van der Waals surface area contributed by atoms with Crippen LogP contribution in [0.1, 0.15) is 5.56 Å². The Labute approximate surface area is 132 Å². The van der Waals surface area contributed by atoms with Crippen LogP contribution in [0, 0.1) is 0 Å². The van der Waals surface area contributed by atoms with Gasteiger partial charge in [0.05, 0.1) is 17.1 Å². The molecule has 0 bridgehead atoms. The highest BCUT2D eigenvalue weighted by molar-refractivity contribution is 9.10. The Morgan fingerprint density at radius 2 is 1.85 bits per heavy atom. The maximum absolute atomic E-state index is 5.63. The van der Waals surface area contributed by atoms with Gasteiger partial charge >= 0.3 is 0 Å². The summed E-state index contributed by atoms with van der Waals surface area (Å²) in [7, 11) is 4.04. The first-order valence-electron chi connectivity index (χ1n) is 6.12. The number of thiocarbonyl (C=S) groups is 1. The van der Waals surface area contributed by atoms with E-state index < -0.39 is 0 Å². The molecule has 0 amide bonds. The Kier molecular flexibility index (Phi) is 4.62. The predicted octanol–water partition coefficient (Wildman–Crippen LogP) is 3.89. The van der Waals surface area contributed by atoms with E-state index in [0.717, 1.165) is 27.1 Å². The Bertz CT molecular complexity index is 641. The fourth-order valence-electron chi connectivity index (χ4n) is 1.88. The quantitative estimate of drug-likeness (QED) is 0.821. The summed E-state index contributed by atoms with van der Waals surface area (Å²) in [6.07, 6.45) is 0. The first-order valence-corrected chi connectivity index (χ1v) is 7.32. The third-order valence-electron chi connectivity index (χ3n) is 2.91. The molecule has 104 valence electrons. The number of benzene rings is 2. The van der Waals surface area contributed by atoms with Crippen LogP contribution in [0.2, 0.25) is 0 Å². The summed E-state index contributed by atoms with van der Waals surface area (Å²) in [5.74, 6) is 0. The summed E-state index contributed by atoms with van der Waals surface area (Å²) >= 11 is 8.52. The second-order valence-electron chi connectivity index (χ2n) is 4.60. The van der Waals surface area contributed by atoms with Crippen molar-refractivity contribution in [3.63, 3.8) is 0 Å². The van der Waals surface area contributed by atoms with Crippen molar-refractivity contribution < 1.29 is 0 Å². The summed E-state index contributed by atoms with van der Waals surface area (Å²) in [5.41, 5.74) is 9.62. The molecule has 0 unspecified atom stereocenters. The minimum absolute atomic E-state index is 0.394. The van der Waals surface area contributed by atoms with Gasteiger partial charge < -0.3 is 16.0 Å². The molecule has 2 aromatic carbocycles. The van der Waals surface area contributed by atoms with E-state index in [9.17, 15) is 0 Å². The molecule has 0 aliphatic carbocycles. The van der Waals surface area contributed by atoms with E-state index in [4.69, 9.17) is 18.0 Å². The van der Waals surface area contributed by atoms with E-state index in [1.54, 1.807) is 0 Å². The molecular formula is C15H16BrN3S. The monoisotopic (exact) mass is 349 g/mol. The molecular weight excluding hydrogens is 334 g/mol. The van der Waals surface area contributed by atoms with Crippen LogP contribution in [0.5, 0.6) is 0 Å². The van der Waals surface area contributed by atoms with Gasteiger partial charge in [0.25, 0.3) is 0 Å². The van der Waals surface area contributed by atoms with Crippen LogP contribution in [-0.2, 0) is 0 Å². The first-order chi connectivity index (χ1) is 9.49. The first kappa shape index (κ1) is 14.8. The van der Waals surface area contributed by atoms with Crippen LogP contribution in [0.4, 0.5) is 17.1 Å². The standard InChI is InChI=1S/C15H16BrN3S/c1-19(2)14-6-4-3-5-13(14)18-12-8-7-10(15(17)20)9-11(12)16/h3-9,18H,1-2H3,(H2,17,20). The number of hydrogen-bond acceptors (Lipinski definition) is 3. The van der Waals surface area contributed by atoms with Crippen LogP contribution in [0.25, 0.3) is 0 Å². The van der Waals surface area contributed by atoms with Gasteiger partial charge in [-0.15, -0.1) is 0 Å². The van der Waals surface area contributed by atoms with Crippen molar-refractivity contribution in [2.45, 2.75) is 0 Å². The second-order valence-corrected chi connectivity index (χ2v) is 5.89. The normalized spacial score (nSPS) is 10.2. The highest BCUT2D eigenvalue weighted by Gasteiger charge is 2.07. The lowest BCUT2D eigenvalue weighted by atomic mass is 10.2. The van der Waals surface area contributed by atoms with E-state index in [-0.39, 0.29) is 0 Å². The lowest BCUT2D eigenvalue weighted by Crippen LogP contribution is -2.11. The van der Waals surface area contributed by atoms with Gasteiger partial charge in [0.1, 0.15) is 4.99 Å². The van der Waals surface area contributed by atoms with Crippen LogP contribution in [0.3, 0.4) is 0 Å². The molecule has 0 saturated carbocycles. The van der Waals surface area contributed by atoms with E-state index in [1.165, 1.54) is 0 Å². The van der Waals surface area contributed by atoms with Crippen molar-refractivity contribution in [2.75, 3.05) is 24.3 Å². The molecule has 0 heterocycles. The lowest BCUT2D eigenvalue weighted by Gasteiger charge is -2.19. The van der Waals surface area contributed by atoms with E-state index in [1.807, 2.05) is 50.5 Å². The minimum atomic E-state index is 0.394. The second kappa shape index (κ2) is 6.24. The Balaban J connectivity index is 2.33. The SMILES string of the molecule is CN(C)c1ccccc1Nc1ccc(C(N)=S)cc1Br. The van der Waals surface area contributed by atoms with Gasteiger partial charge in [0, 0.05) is 24.1 Å². The molecule has 2 aromatic rings. The number of para-hydroxylation sites is 2. The zero-order valence-electron chi connectivity index (χ0n) is 11.4. The number of rotatable bonds is 4. The molecule has 0 aliphatic heterocycles. The molecule has 3 N–H and O–H groups in total. The number of nitrogens with one attached hydrogen (secondary N) is 1. The molecule has 0 aliphatic rings. The Hall–Kier alpha value is -1.59. The molecule has 0 fully saturated rings. The van der Waals surface area contributed by atoms with Crippen LogP contribution in [0.15, 0.2) is 46.9 Å². The number of anilines is 3. The molecule has 0 spiro atoms. The third-order valence-corrected chi connectivity index (χ3v) is 3.80. The van der Waals surface area contributed by atoms with E-state index in [2.05, 4.69) is 32.2 Å². The van der Waals surface area contributed by atoms with Crippen molar-refractivity contribution in [2.24, 2.45) is 5.73 Å². The van der Waals surface area contributed by atoms with Gasteiger partial charge in [0.2, 0.25) is 0 Å². The molecule has 3 nitrogen and oxygen atoms in total. The van der Waals surface area contributed by atoms with Gasteiger partial charge in [-0.2, -0.15) is 0 Å². The van der Waals surface area contributed by atoms with E-state index >= 15 is 0 Å². The van der Waals surface area contributed by atoms with Gasteiger partial charge in [-0.05, 0) is 46.3 Å². The van der Waals surface area contributed by atoms with Gasteiger partial charge in [0.15, 0.2) is 0 Å². The number of nitrogens with two attached hydrogens (primary N) is 1. The zero-order chi connectivity index (χ0) is 14.7. The average molecular weight is 350 g/mol. The topological polar surface area (TPSA) is 41.3 Å². The van der Waals surface area contributed by atoms with Crippen molar-refractivity contribution in [1.82, 2.24) is 0 Å². The predicted molar refractivity (Wildman–Crippen MR) is 94.1 cm³/mol. The fourth-order valence-corrected chi connectivity index (χ4v) is 2.49. The van der Waals surface area contributed by atoms with Crippen LogP contribution in [-0.4, -0.2) is 19.1 Å². The maximum Gasteiger partial charge on any atom is 0.104 e. The lowest BCUT2D eigenvalue weighted by molar-refractivity contribution is 1.13. The number of nitrogens with zero attached hydrogens (tertiary/aromatic N) is 1. The summed E-state index contributed by atoms with van der Waals surface area (Å²) < 4.78 is 0.927. The molecule has 0 aromatic heterocycles. The highest BCUT2D eigenvalue weighted by Crippen LogP contribution is 2.31. The molecule has 0 saturated heterocycles. The molecule has 0 atom stereocenters. The molecule has 5 heteroatoms. The molecule has 0 radical (unpaired) electrons. The third kappa shape index (κ3) is 3.29. The largest absolute Gasteiger partial charge is 0.389 e.